The van der Waals surface area contributed by atoms with E-state index in [0.29, 0.717) is 23.9 Å². The number of hydrogen-bond acceptors (Lipinski definition) is 6. The lowest BCUT2D eigenvalue weighted by Gasteiger charge is -2.27. The first kappa shape index (κ1) is 81.2. The Morgan fingerprint density at radius 2 is 0.699 bits per heavy atom. The van der Waals surface area contributed by atoms with Crippen LogP contribution >= 0.6 is 7.82 Å². The first-order chi connectivity index (χ1) is 40.4. The standard InChI is InChI=1S/C73H141N2O7P/c1-7-10-13-16-19-22-25-28-30-32-34-35-36-37-38-39-41-42-44-47-50-53-56-59-62-65-72(76)74-70(69-81-83(78,79)80-68-67-75(4,5)6)71(64-61-58-55-52-49-46-27-24-21-18-15-12-9-3)82-73(77)66-63-60-57-54-51-48-45-43-40-33-31-29-26-23-20-17-14-11-8-2/h28-31,61,64,70-71H,7-27,32-60,62-63,65-69H2,1-6H3,(H-,74,76,78,79)/p+1/b30-28+,31-29+,64-61-. The average Bonchev–Trinajstić information content (AvgIpc) is 3.46. The summed E-state index contributed by atoms with van der Waals surface area (Å²) in [5, 5.41) is 3.08. The second-order valence-corrected chi connectivity index (χ2v) is 27.6. The Balaban J connectivity index is 5.05. The van der Waals surface area contributed by atoms with E-state index in [1.165, 1.54) is 276 Å². The van der Waals surface area contributed by atoms with E-state index in [-0.39, 0.29) is 25.1 Å². The van der Waals surface area contributed by atoms with Gasteiger partial charge < -0.3 is 19.4 Å². The van der Waals surface area contributed by atoms with E-state index < -0.39 is 20.0 Å². The molecule has 3 unspecified atom stereocenters. The van der Waals surface area contributed by atoms with Crippen molar-refractivity contribution >= 4 is 19.7 Å². The molecule has 0 spiro atoms. The van der Waals surface area contributed by atoms with Gasteiger partial charge in [0.05, 0.1) is 33.8 Å². The highest BCUT2D eigenvalue weighted by molar-refractivity contribution is 7.47. The molecule has 0 radical (unpaired) electrons. The fourth-order valence-electron chi connectivity index (χ4n) is 10.9. The van der Waals surface area contributed by atoms with Gasteiger partial charge in [-0.3, -0.25) is 18.6 Å². The molecule has 0 fully saturated rings. The van der Waals surface area contributed by atoms with E-state index in [1.54, 1.807) is 0 Å². The van der Waals surface area contributed by atoms with E-state index in [9.17, 15) is 19.0 Å². The summed E-state index contributed by atoms with van der Waals surface area (Å²) in [5.74, 6) is -0.488. The summed E-state index contributed by atoms with van der Waals surface area (Å²) in [6, 6.07) is -0.847. The SMILES string of the molecule is CCCCCCCC/C=C/CCCCCCCCCCCCCCCCCC(=O)NC(COP(=O)(O)OCC[N+](C)(C)C)C(/C=C\CCCCCCCCCCCCC)OC(=O)CCCCCCCCCCC/C=C/CCCCCCCC. The minimum atomic E-state index is -4.45. The number of allylic oxidation sites excluding steroid dienone is 5. The van der Waals surface area contributed by atoms with E-state index in [4.69, 9.17) is 13.8 Å². The highest BCUT2D eigenvalue weighted by Gasteiger charge is 2.30. The summed E-state index contributed by atoms with van der Waals surface area (Å²) < 4.78 is 30.9. The van der Waals surface area contributed by atoms with Gasteiger partial charge in [-0.05, 0) is 83.1 Å². The maximum Gasteiger partial charge on any atom is 0.472 e. The molecule has 0 rings (SSSR count). The van der Waals surface area contributed by atoms with Crippen molar-refractivity contribution in [3.05, 3.63) is 36.5 Å². The van der Waals surface area contributed by atoms with Crippen molar-refractivity contribution in [1.82, 2.24) is 5.32 Å². The molecule has 0 aliphatic heterocycles. The van der Waals surface area contributed by atoms with Crippen LogP contribution in [0.1, 0.15) is 367 Å². The topological polar surface area (TPSA) is 111 Å². The number of carbonyl (C=O) groups is 2. The molecular formula is C73H142N2O7P+. The molecule has 83 heavy (non-hydrogen) atoms. The van der Waals surface area contributed by atoms with Crippen LogP contribution in [0.4, 0.5) is 0 Å². The van der Waals surface area contributed by atoms with Gasteiger partial charge in [0.15, 0.2) is 0 Å². The first-order valence-electron chi connectivity index (χ1n) is 36.3. The number of esters is 1. The number of amides is 1. The maximum atomic E-state index is 13.6. The van der Waals surface area contributed by atoms with Crippen molar-refractivity contribution < 1.29 is 37.3 Å². The molecule has 2 N–H and O–H groups in total. The molecule has 0 aromatic carbocycles. The number of quaternary nitrogens is 1. The maximum absolute atomic E-state index is 13.6. The Kier molecular flexibility index (Phi) is 61.9. The predicted octanol–water partition coefficient (Wildman–Crippen LogP) is 23.0. The Morgan fingerprint density at radius 3 is 1.02 bits per heavy atom. The van der Waals surface area contributed by atoms with Gasteiger partial charge in [-0.25, -0.2) is 4.57 Å². The Morgan fingerprint density at radius 1 is 0.410 bits per heavy atom. The second kappa shape index (κ2) is 63.3. The summed E-state index contributed by atoms with van der Waals surface area (Å²) in [4.78, 5) is 37.9. The minimum Gasteiger partial charge on any atom is -0.456 e. The molecule has 10 heteroatoms. The van der Waals surface area contributed by atoms with Crippen LogP contribution in [-0.4, -0.2) is 74.3 Å². The predicted molar refractivity (Wildman–Crippen MR) is 360 cm³/mol. The first-order valence-corrected chi connectivity index (χ1v) is 37.8. The van der Waals surface area contributed by atoms with Crippen LogP contribution in [0.5, 0.6) is 0 Å². The van der Waals surface area contributed by atoms with Crippen LogP contribution in [0, 0.1) is 0 Å². The molecule has 490 valence electrons. The van der Waals surface area contributed by atoms with Crippen LogP contribution in [0.25, 0.3) is 0 Å². The molecule has 0 aromatic rings. The summed E-state index contributed by atoms with van der Waals surface area (Å²) in [7, 11) is 1.51. The summed E-state index contributed by atoms with van der Waals surface area (Å²) in [5.41, 5.74) is 0. The van der Waals surface area contributed by atoms with Crippen LogP contribution in [0.3, 0.4) is 0 Å². The third-order valence-corrected chi connectivity index (χ3v) is 17.5. The zero-order valence-electron chi connectivity index (χ0n) is 56.2. The normalized spacial score (nSPS) is 13.7. The number of unbranched alkanes of at least 4 members (excludes halogenated alkanes) is 47. The minimum absolute atomic E-state index is 0.0426. The van der Waals surface area contributed by atoms with Crippen LogP contribution in [0.15, 0.2) is 36.5 Å². The van der Waals surface area contributed by atoms with Gasteiger partial charge in [0.25, 0.3) is 0 Å². The van der Waals surface area contributed by atoms with E-state index >= 15 is 0 Å². The number of likely N-dealkylation sites (N-methyl/N-ethyl adjacent to an activating group) is 1. The molecule has 0 aromatic heterocycles. The number of ether oxygens (including phenoxy) is 1. The summed E-state index contributed by atoms with van der Waals surface area (Å²) in [6.07, 6.45) is 78.7. The molecule has 0 saturated carbocycles. The van der Waals surface area contributed by atoms with E-state index in [1.807, 2.05) is 27.2 Å². The van der Waals surface area contributed by atoms with Crippen molar-refractivity contribution in [2.45, 2.75) is 380 Å². The highest BCUT2D eigenvalue weighted by Crippen LogP contribution is 2.43. The molecule has 0 aliphatic carbocycles. The highest BCUT2D eigenvalue weighted by atomic mass is 31.2. The average molecular weight is 1190 g/mol. The van der Waals surface area contributed by atoms with Gasteiger partial charge in [0, 0.05) is 12.8 Å². The van der Waals surface area contributed by atoms with Gasteiger partial charge in [-0.2, -0.15) is 0 Å². The van der Waals surface area contributed by atoms with Crippen LogP contribution < -0.4 is 5.32 Å². The lowest BCUT2D eigenvalue weighted by Crippen LogP contribution is -2.47. The van der Waals surface area contributed by atoms with Crippen molar-refractivity contribution in [1.29, 1.82) is 0 Å². The number of phosphoric acid groups is 1. The number of carbonyl (C=O) groups excluding carboxylic acids is 2. The third-order valence-electron chi connectivity index (χ3n) is 16.6. The lowest BCUT2D eigenvalue weighted by atomic mass is 10.0. The summed E-state index contributed by atoms with van der Waals surface area (Å²) in [6.45, 7) is 7.07. The van der Waals surface area contributed by atoms with Gasteiger partial charge in [-0.1, -0.05) is 308 Å². The van der Waals surface area contributed by atoms with Gasteiger partial charge in [0.1, 0.15) is 19.3 Å². The van der Waals surface area contributed by atoms with Crippen molar-refractivity contribution in [3.8, 4) is 0 Å². The third kappa shape index (κ3) is 64.5. The Bertz CT molecular complexity index is 1510. The molecule has 0 saturated heterocycles. The van der Waals surface area contributed by atoms with Crippen molar-refractivity contribution in [3.63, 3.8) is 0 Å². The lowest BCUT2D eigenvalue weighted by molar-refractivity contribution is -0.870. The fraction of sp³-hybridized carbons (Fsp3) is 0.890. The summed E-state index contributed by atoms with van der Waals surface area (Å²) >= 11 is 0. The fourth-order valence-corrected chi connectivity index (χ4v) is 11.7. The second-order valence-electron chi connectivity index (χ2n) is 26.1. The van der Waals surface area contributed by atoms with Gasteiger partial charge in [0.2, 0.25) is 5.91 Å². The van der Waals surface area contributed by atoms with Crippen LogP contribution in [-0.2, 0) is 27.9 Å². The molecule has 9 nitrogen and oxygen atoms in total. The largest absolute Gasteiger partial charge is 0.472 e. The van der Waals surface area contributed by atoms with Crippen molar-refractivity contribution in [2.75, 3.05) is 40.9 Å². The molecule has 1 amide bonds. The zero-order chi connectivity index (χ0) is 60.7. The van der Waals surface area contributed by atoms with Gasteiger partial charge in [-0.15, -0.1) is 0 Å². The quantitative estimate of drug-likeness (QED) is 0.0205. The molecule has 0 heterocycles. The number of hydrogen-bond donors (Lipinski definition) is 2. The monoisotopic (exact) mass is 1190 g/mol. The Hall–Kier alpha value is -1.77. The van der Waals surface area contributed by atoms with Crippen LogP contribution in [0.2, 0.25) is 0 Å². The van der Waals surface area contributed by atoms with E-state index in [2.05, 4.69) is 56.5 Å². The number of nitrogens with zero attached hydrogens (tertiary/aromatic N) is 1. The van der Waals surface area contributed by atoms with Gasteiger partial charge >= 0.3 is 13.8 Å². The molecular weight excluding hydrogens is 1050 g/mol. The molecule has 0 bridgehead atoms. The van der Waals surface area contributed by atoms with E-state index in [0.717, 1.165) is 57.8 Å². The number of rotatable bonds is 67. The molecule has 0 aliphatic rings. The molecule has 3 atom stereocenters. The zero-order valence-corrected chi connectivity index (χ0v) is 57.1. The van der Waals surface area contributed by atoms with Crippen molar-refractivity contribution in [2.24, 2.45) is 0 Å². The smallest absolute Gasteiger partial charge is 0.456 e. The Labute approximate surface area is 516 Å². The number of phosphoric ester groups is 1. The number of nitrogens with one attached hydrogen (secondary N) is 1.